The summed E-state index contributed by atoms with van der Waals surface area (Å²) in [5, 5.41) is 19.2. The molecule has 3 aromatic carbocycles. The van der Waals surface area contributed by atoms with Gasteiger partial charge in [0.2, 0.25) is 0 Å². The summed E-state index contributed by atoms with van der Waals surface area (Å²) in [7, 11) is 0. The monoisotopic (exact) mass is 584 g/mol. The molecule has 0 bridgehead atoms. The molecule has 0 saturated carbocycles. The highest BCUT2D eigenvalue weighted by Gasteiger charge is 2.46. The molecule has 0 spiro atoms. The standard InChI is InChI=1S/C31H20F4N6O2/c32-25-10-13-27(28(33)15-25)30(43-20-41-19-38-39-40-41)31(34,35)29-14-9-23(17-37-29)4-1-21-7-11-26(12-8-21)42-18-24-5-2-22(16-36)3-6-24/h2-3,5-15,17,19,30H,18,20H2/t30-/m1/s1. The molecule has 0 unspecified atom stereocenters. The smallest absolute Gasteiger partial charge is 0.319 e. The van der Waals surface area contributed by atoms with Crippen molar-refractivity contribution in [1.82, 2.24) is 25.2 Å². The van der Waals surface area contributed by atoms with Gasteiger partial charge in [-0.1, -0.05) is 30.0 Å². The number of nitriles is 1. The molecule has 12 heteroatoms. The Morgan fingerprint density at radius 1 is 0.884 bits per heavy atom. The van der Waals surface area contributed by atoms with Crippen molar-refractivity contribution >= 4 is 0 Å². The lowest BCUT2D eigenvalue weighted by Gasteiger charge is -2.27. The van der Waals surface area contributed by atoms with Gasteiger partial charge in [0.1, 0.15) is 42.7 Å². The first kappa shape index (κ1) is 28.9. The molecule has 214 valence electrons. The molecule has 5 rings (SSSR count). The Morgan fingerprint density at radius 2 is 1.60 bits per heavy atom. The number of tetrazole rings is 1. The summed E-state index contributed by atoms with van der Waals surface area (Å²) >= 11 is 0. The third-order valence-electron chi connectivity index (χ3n) is 6.14. The number of rotatable bonds is 9. The first-order chi connectivity index (χ1) is 20.8. The van der Waals surface area contributed by atoms with Crippen LogP contribution >= 0.6 is 0 Å². The summed E-state index contributed by atoms with van der Waals surface area (Å²) in [6, 6.07) is 20.8. The molecule has 0 N–H and O–H groups in total. The highest BCUT2D eigenvalue weighted by Crippen LogP contribution is 2.43. The largest absolute Gasteiger partial charge is 0.489 e. The van der Waals surface area contributed by atoms with Crippen LogP contribution in [0.5, 0.6) is 5.75 Å². The van der Waals surface area contributed by atoms with Crippen LogP contribution in [-0.2, 0) is 24.0 Å². The second-order valence-corrected chi connectivity index (χ2v) is 9.12. The molecule has 0 saturated heterocycles. The van der Waals surface area contributed by atoms with Crippen LogP contribution in [0.4, 0.5) is 17.6 Å². The van der Waals surface area contributed by atoms with Crippen LogP contribution in [0.1, 0.15) is 39.6 Å². The maximum Gasteiger partial charge on any atom is 0.319 e. The van der Waals surface area contributed by atoms with Gasteiger partial charge in [-0.25, -0.2) is 13.5 Å². The van der Waals surface area contributed by atoms with Gasteiger partial charge in [-0.05, 0) is 70.6 Å². The summed E-state index contributed by atoms with van der Waals surface area (Å²) < 4.78 is 71.5. The normalized spacial score (nSPS) is 11.7. The van der Waals surface area contributed by atoms with Crippen molar-refractivity contribution in [2.24, 2.45) is 0 Å². The Hall–Kier alpha value is -5.59. The van der Waals surface area contributed by atoms with Gasteiger partial charge in [0.15, 0.2) is 6.10 Å². The molecular weight excluding hydrogens is 564 g/mol. The van der Waals surface area contributed by atoms with Crippen LogP contribution in [0.3, 0.4) is 0 Å². The molecule has 0 fully saturated rings. The first-order valence-electron chi connectivity index (χ1n) is 12.7. The molecule has 5 aromatic rings. The number of hydrogen-bond acceptors (Lipinski definition) is 7. The number of pyridine rings is 1. The predicted molar refractivity (Wildman–Crippen MR) is 144 cm³/mol. The van der Waals surface area contributed by atoms with Crippen molar-refractivity contribution in [2.45, 2.75) is 25.4 Å². The van der Waals surface area contributed by atoms with Crippen molar-refractivity contribution in [2.75, 3.05) is 0 Å². The molecule has 0 amide bonds. The quantitative estimate of drug-likeness (QED) is 0.162. The summed E-state index contributed by atoms with van der Waals surface area (Å²) in [4.78, 5) is 3.87. The second-order valence-electron chi connectivity index (χ2n) is 9.12. The van der Waals surface area contributed by atoms with Crippen molar-refractivity contribution in [3.63, 3.8) is 0 Å². The third-order valence-corrected chi connectivity index (χ3v) is 6.14. The maximum atomic E-state index is 15.7. The topological polar surface area (TPSA) is 98.7 Å². The molecule has 8 nitrogen and oxygen atoms in total. The van der Waals surface area contributed by atoms with E-state index in [9.17, 15) is 8.78 Å². The van der Waals surface area contributed by atoms with E-state index in [1.54, 1.807) is 36.4 Å². The fourth-order valence-electron chi connectivity index (χ4n) is 3.91. The number of alkyl halides is 2. The minimum absolute atomic E-state index is 0.330. The van der Waals surface area contributed by atoms with Gasteiger partial charge < -0.3 is 9.47 Å². The summed E-state index contributed by atoms with van der Waals surface area (Å²) in [5.74, 6) is 0.475. The van der Waals surface area contributed by atoms with Gasteiger partial charge in [-0.2, -0.15) is 14.0 Å². The third kappa shape index (κ3) is 7.19. The number of benzene rings is 3. The van der Waals surface area contributed by atoms with E-state index in [0.717, 1.165) is 34.8 Å². The fourth-order valence-corrected chi connectivity index (χ4v) is 3.91. The van der Waals surface area contributed by atoms with Crippen molar-refractivity contribution in [3.05, 3.63) is 137 Å². The summed E-state index contributed by atoms with van der Waals surface area (Å²) in [6.45, 7) is -0.191. The van der Waals surface area contributed by atoms with Gasteiger partial charge in [-0.15, -0.1) is 5.10 Å². The minimum Gasteiger partial charge on any atom is -0.489 e. The molecule has 0 aliphatic carbocycles. The molecule has 2 aromatic heterocycles. The van der Waals surface area contributed by atoms with Crippen molar-refractivity contribution in [3.8, 4) is 23.7 Å². The van der Waals surface area contributed by atoms with Gasteiger partial charge in [0, 0.05) is 29.0 Å². The zero-order valence-corrected chi connectivity index (χ0v) is 22.2. The number of aromatic nitrogens is 5. The van der Waals surface area contributed by atoms with E-state index in [1.165, 1.54) is 12.3 Å². The molecule has 43 heavy (non-hydrogen) atoms. The highest BCUT2D eigenvalue weighted by atomic mass is 19.3. The van der Waals surface area contributed by atoms with E-state index in [2.05, 4.69) is 38.4 Å². The summed E-state index contributed by atoms with van der Waals surface area (Å²) in [6.07, 6.45) is 0.143. The Bertz CT molecular complexity index is 1780. The van der Waals surface area contributed by atoms with Crippen LogP contribution < -0.4 is 4.74 Å². The molecule has 2 heterocycles. The number of ether oxygens (including phenoxy) is 2. The number of nitrogens with zero attached hydrogens (tertiary/aromatic N) is 6. The van der Waals surface area contributed by atoms with Gasteiger partial charge in [-0.3, -0.25) is 4.98 Å². The number of halogens is 4. The van der Waals surface area contributed by atoms with E-state index in [0.29, 0.717) is 35.1 Å². The average Bonchev–Trinajstić information content (AvgIpc) is 3.55. The lowest BCUT2D eigenvalue weighted by molar-refractivity contribution is -0.168. The van der Waals surface area contributed by atoms with Crippen LogP contribution in [0.25, 0.3) is 0 Å². The average molecular weight is 585 g/mol. The van der Waals surface area contributed by atoms with Crippen molar-refractivity contribution in [1.29, 1.82) is 5.26 Å². The van der Waals surface area contributed by atoms with Crippen molar-refractivity contribution < 1.29 is 27.0 Å². The number of hydrogen-bond donors (Lipinski definition) is 0. The van der Waals surface area contributed by atoms with E-state index in [-0.39, 0.29) is 0 Å². The molecule has 1 atom stereocenters. The SMILES string of the molecule is N#Cc1ccc(COc2ccc(C#Cc3ccc(C(F)(F)[C@H](OCn4cnnn4)c4ccc(F)cc4F)nc3)cc2)cc1. The van der Waals surface area contributed by atoms with Crippen LogP contribution in [0.15, 0.2) is 91.4 Å². The predicted octanol–water partition coefficient (Wildman–Crippen LogP) is 5.70. The lowest BCUT2D eigenvalue weighted by atomic mass is 9.99. The Morgan fingerprint density at radius 3 is 2.26 bits per heavy atom. The first-order valence-corrected chi connectivity index (χ1v) is 12.7. The maximum absolute atomic E-state index is 15.7. The molecular formula is C31H20F4N6O2. The Labute approximate surface area is 243 Å². The minimum atomic E-state index is -3.83. The van der Waals surface area contributed by atoms with E-state index < -0.39 is 41.6 Å². The highest BCUT2D eigenvalue weighted by molar-refractivity contribution is 5.44. The van der Waals surface area contributed by atoms with Crippen LogP contribution in [0, 0.1) is 34.8 Å². The van der Waals surface area contributed by atoms with E-state index in [4.69, 9.17) is 14.7 Å². The van der Waals surface area contributed by atoms with Crippen LogP contribution in [0.2, 0.25) is 0 Å². The molecule has 0 radical (unpaired) electrons. The zero-order chi connectivity index (χ0) is 30.2. The zero-order valence-electron chi connectivity index (χ0n) is 22.2. The van der Waals surface area contributed by atoms with Gasteiger partial charge >= 0.3 is 5.92 Å². The lowest BCUT2D eigenvalue weighted by Crippen LogP contribution is -2.29. The Balaban J connectivity index is 1.27. The van der Waals surface area contributed by atoms with Gasteiger partial charge in [0.25, 0.3) is 0 Å². The van der Waals surface area contributed by atoms with Gasteiger partial charge in [0.05, 0.1) is 11.6 Å². The fraction of sp³-hybridized carbons (Fsp3) is 0.129. The molecule has 0 aliphatic rings. The molecule has 0 aliphatic heterocycles. The van der Waals surface area contributed by atoms with Crippen LogP contribution in [-0.4, -0.2) is 25.2 Å². The van der Waals surface area contributed by atoms with E-state index >= 15 is 8.78 Å². The Kier molecular flexibility index (Phi) is 8.70. The summed E-state index contributed by atoms with van der Waals surface area (Å²) in [5.41, 5.74) is 1.24. The van der Waals surface area contributed by atoms with E-state index in [1.807, 2.05) is 12.1 Å². The second kappa shape index (κ2) is 12.9.